The van der Waals surface area contributed by atoms with Crippen molar-refractivity contribution in [3.63, 3.8) is 0 Å². The summed E-state index contributed by atoms with van der Waals surface area (Å²) in [7, 11) is 0. The van der Waals surface area contributed by atoms with Crippen LogP contribution >= 0.6 is 12.2 Å². The van der Waals surface area contributed by atoms with Gasteiger partial charge < -0.3 is 4.90 Å². The monoisotopic (exact) mass is 333 g/mol. The average molecular weight is 333 g/mol. The van der Waals surface area contributed by atoms with Gasteiger partial charge >= 0.3 is 0 Å². The van der Waals surface area contributed by atoms with Gasteiger partial charge in [-0.15, -0.1) is 0 Å². The molecule has 124 valence electrons. The molecular formula is C15H23N7S. The Morgan fingerprint density at radius 1 is 1.17 bits per heavy atom. The highest BCUT2D eigenvalue weighted by Crippen LogP contribution is 2.18. The van der Waals surface area contributed by atoms with E-state index in [1.54, 1.807) is 12.4 Å². The van der Waals surface area contributed by atoms with Crippen molar-refractivity contribution in [3.8, 4) is 0 Å². The SMILES string of the molecule is CC(C)(C)c1nc(=S)n(CN2CCN(c3cnccn3)CC2)[nH]1. The summed E-state index contributed by atoms with van der Waals surface area (Å²) in [6.07, 6.45) is 5.25. The number of aromatic amines is 1. The van der Waals surface area contributed by atoms with Gasteiger partial charge in [0.1, 0.15) is 11.6 Å². The number of nitrogens with zero attached hydrogens (tertiary/aromatic N) is 6. The summed E-state index contributed by atoms with van der Waals surface area (Å²) in [6.45, 7) is 10.9. The summed E-state index contributed by atoms with van der Waals surface area (Å²) in [6, 6.07) is 0. The molecule has 1 aliphatic rings. The van der Waals surface area contributed by atoms with Crippen LogP contribution < -0.4 is 4.90 Å². The first-order valence-corrected chi connectivity index (χ1v) is 8.25. The molecule has 1 aliphatic heterocycles. The molecule has 1 fully saturated rings. The Hall–Kier alpha value is -1.80. The molecule has 0 saturated carbocycles. The Balaban J connectivity index is 1.61. The minimum Gasteiger partial charge on any atom is -0.353 e. The van der Waals surface area contributed by atoms with Gasteiger partial charge in [-0.25, -0.2) is 14.6 Å². The Morgan fingerprint density at radius 2 is 1.91 bits per heavy atom. The number of anilines is 1. The predicted octanol–water partition coefficient (Wildman–Crippen LogP) is 1.81. The van der Waals surface area contributed by atoms with Gasteiger partial charge in [0.2, 0.25) is 4.77 Å². The first-order valence-electron chi connectivity index (χ1n) is 7.84. The number of aromatic nitrogens is 5. The third-order valence-electron chi connectivity index (χ3n) is 3.98. The van der Waals surface area contributed by atoms with Crippen LogP contribution in [0.1, 0.15) is 26.6 Å². The van der Waals surface area contributed by atoms with Crippen molar-refractivity contribution in [3.05, 3.63) is 29.2 Å². The van der Waals surface area contributed by atoms with E-state index in [9.17, 15) is 0 Å². The molecule has 0 bridgehead atoms. The van der Waals surface area contributed by atoms with Gasteiger partial charge in [0.15, 0.2) is 0 Å². The van der Waals surface area contributed by atoms with Crippen molar-refractivity contribution in [2.45, 2.75) is 32.9 Å². The molecule has 0 unspecified atom stereocenters. The summed E-state index contributed by atoms with van der Waals surface area (Å²) >= 11 is 5.38. The van der Waals surface area contributed by atoms with E-state index in [4.69, 9.17) is 12.2 Å². The van der Waals surface area contributed by atoms with Gasteiger partial charge in [0, 0.05) is 44.0 Å². The highest BCUT2D eigenvalue weighted by Gasteiger charge is 2.21. The molecule has 0 amide bonds. The largest absolute Gasteiger partial charge is 0.353 e. The molecule has 23 heavy (non-hydrogen) atoms. The van der Waals surface area contributed by atoms with Crippen molar-refractivity contribution in [1.82, 2.24) is 29.6 Å². The Labute approximate surface area is 141 Å². The minimum atomic E-state index is -0.0243. The lowest BCUT2D eigenvalue weighted by molar-refractivity contribution is 0.193. The number of rotatable bonds is 3. The van der Waals surface area contributed by atoms with Gasteiger partial charge in [-0.05, 0) is 12.2 Å². The van der Waals surface area contributed by atoms with Crippen molar-refractivity contribution in [2.75, 3.05) is 31.1 Å². The molecule has 2 aromatic heterocycles. The zero-order valence-electron chi connectivity index (χ0n) is 13.9. The highest BCUT2D eigenvalue weighted by molar-refractivity contribution is 7.71. The van der Waals surface area contributed by atoms with Crippen LogP contribution in [0.15, 0.2) is 18.6 Å². The van der Waals surface area contributed by atoms with Crippen LogP contribution in [0.5, 0.6) is 0 Å². The second-order valence-corrected chi connectivity index (χ2v) is 7.21. The maximum Gasteiger partial charge on any atom is 0.217 e. The van der Waals surface area contributed by atoms with Crippen LogP contribution in [0.4, 0.5) is 5.82 Å². The number of hydrogen-bond donors (Lipinski definition) is 1. The predicted molar refractivity (Wildman–Crippen MR) is 91.9 cm³/mol. The van der Waals surface area contributed by atoms with Crippen LogP contribution in [0.3, 0.4) is 0 Å². The molecule has 3 rings (SSSR count). The van der Waals surface area contributed by atoms with E-state index in [2.05, 4.69) is 50.6 Å². The van der Waals surface area contributed by atoms with E-state index in [1.807, 2.05) is 10.9 Å². The lowest BCUT2D eigenvalue weighted by atomic mass is 9.96. The molecule has 1 saturated heterocycles. The summed E-state index contributed by atoms with van der Waals surface area (Å²) in [4.78, 5) is 17.6. The molecule has 0 aromatic carbocycles. The Bertz CT molecular complexity index is 693. The van der Waals surface area contributed by atoms with Crippen LogP contribution in [-0.4, -0.2) is 55.8 Å². The Morgan fingerprint density at radius 3 is 2.48 bits per heavy atom. The molecule has 1 N–H and O–H groups in total. The smallest absolute Gasteiger partial charge is 0.217 e. The van der Waals surface area contributed by atoms with Crippen molar-refractivity contribution >= 4 is 18.0 Å². The molecular weight excluding hydrogens is 310 g/mol. The Kier molecular flexibility index (Phi) is 4.45. The molecule has 0 spiro atoms. The van der Waals surface area contributed by atoms with Gasteiger partial charge in [0.05, 0.1) is 12.9 Å². The lowest BCUT2D eigenvalue weighted by Gasteiger charge is -2.35. The van der Waals surface area contributed by atoms with E-state index in [1.165, 1.54) is 0 Å². The third-order valence-corrected chi connectivity index (χ3v) is 4.29. The van der Waals surface area contributed by atoms with Crippen LogP contribution in [0.25, 0.3) is 0 Å². The normalized spacial score (nSPS) is 16.7. The van der Waals surface area contributed by atoms with Gasteiger partial charge in [-0.3, -0.25) is 15.0 Å². The molecule has 7 nitrogen and oxygen atoms in total. The molecule has 0 radical (unpaired) electrons. The standard InChI is InChI=1S/C15H23N7S/c1-15(2,3)13-18-14(23)22(19-13)11-20-6-8-21(9-7-20)12-10-16-4-5-17-12/h4-5,10H,6-9,11H2,1-3H3,(H,18,19,23). The van der Waals surface area contributed by atoms with Crippen molar-refractivity contribution in [1.29, 1.82) is 0 Å². The van der Waals surface area contributed by atoms with E-state index in [-0.39, 0.29) is 5.41 Å². The lowest BCUT2D eigenvalue weighted by Crippen LogP contribution is -2.47. The first-order chi connectivity index (χ1) is 10.9. The van der Waals surface area contributed by atoms with E-state index in [0.29, 0.717) is 4.77 Å². The van der Waals surface area contributed by atoms with Gasteiger partial charge in [0.25, 0.3) is 0 Å². The summed E-state index contributed by atoms with van der Waals surface area (Å²) < 4.78 is 2.57. The second kappa shape index (κ2) is 6.37. The maximum absolute atomic E-state index is 5.38. The first kappa shape index (κ1) is 16.1. The zero-order chi connectivity index (χ0) is 16.4. The molecule has 0 atom stereocenters. The minimum absolute atomic E-state index is 0.0243. The van der Waals surface area contributed by atoms with Crippen molar-refractivity contribution < 1.29 is 0 Å². The summed E-state index contributed by atoms with van der Waals surface area (Å²) in [5, 5.41) is 3.34. The fourth-order valence-corrected chi connectivity index (χ4v) is 2.76. The van der Waals surface area contributed by atoms with Gasteiger partial charge in [-0.2, -0.15) is 0 Å². The fourth-order valence-electron chi connectivity index (χ4n) is 2.56. The third kappa shape index (κ3) is 3.76. The molecule has 0 aliphatic carbocycles. The maximum atomic E-state index is 5.38. The van der Waals surface area contributed by atoms with Crippen molar-refractivity contribution in [2.24, 2.45) is 0 Å². The summed E-state index contributed by atoms with van der Waals surface area (Å²) in [5.74, 6) is 1.88. The topological polar surface area (TPSA) is 65.9 Å². The molecule has 8 heteroatoms. The zero-order valence-corrected chi connectivity index (χ0v) is 14.7. The second-order valence-electron chi connectivity index (χ2n) is 6.84. The quantitative estimate of drug-likeness (QED) is 0.864. The van der Waals surface area contributed by atoms with E-state index in [0.717, 1.165) is 44.5 Å². The van der Waals surface area contributed by atoms with Crippen LogP contribution in [-0.2, 0) is 12.1 Å². The average Bonchev–Trinajstić information content (AvgIpc) is 2.90. The number of H-pyrrole nitrogens is 1. The number of piperazine rings is 1. The fraction of sp³-hybridized carbons (Fsp3) is 0.600. The molecule has 2 aromatic rings. The van der Waals surface area contributed by atoms with E-state index >= 15 is 0 Å². The summed E-state index contributed by atoms with van der Waals surface area (Å²) in [5.41, 5.74) is -0.0243. The van der Waals surface area contributed by atoms with E-state index < -0.39 is 0 Å². The van der Waals surface area contributed by atoms with Gasteiger partial charge in [-0.1, -0.05) is 20.8 Å². The number of nitrogens with one attached hydrogen (secondary N) is 1. The van der Waals surface area contributed by atoms with Crippen LogP contribution in [0, 0.1) is 4.77 Å². The number of hydrogen-bond acceptors (Lipinski definition) is 6. The van der Waals surface area contributed by atoms with Crippen LogP contribution in [0.2, 0.25) is 0 Å². The highest BCUT2D eigenvalue weighted by atomic mass is 32.1. The molecule has 3 heterocycles.